The molecule has 0 spiro atoms. The van der Waals surface area contributed by atoms with Gasteiger partial charge in [-0.1, -0.05) is 54.6 Å². The van der Waals surface area contributed by atoms with Crippen molar-refractivity contribution in [3.63, 3.8) is 0 Å². The first-order valence-corrected chi connectivity index (χ1v) is 15.6. The van der Waals surface area contributed by atoms with Gasteiger partial charge in [0.15, 0.2) is 0 Å². The lowest BCUT2D eigenvalue weighted by Crippen LogP contribution is -2.48. The molecule has 3 aliphatic rings. The minimum absolute atomic E-state index is 1.04. The van der Waals surface area contributed by atoms with Gasteiger partial charge in [0.2, 0.25) is 0 Å². The van der Waals surface area contributed by atoms with Crippen molar-refractivity contribution in [2.45, 2.75) is 0 Å². The van der Waals surface area contributed by atoms with Crippen LogP contribution in [0.15, 0.2) is 109 Å². The average Bonchev–Trinajstić information content (AvgIpc) is 3.09. The Morgan fingerprint density at radius 1 is 0.238 bits per heavy atom. The maximum atomic E-state index is 2.60. The zero-order chi connectivity index (χ0) is 28.1. The molecule has 7 rings (SSSR count). The molecule has 0 unspecified atom stereocenters. The summed E-state index contributed by atoms with van der Waals surface area (Å²) in [7, 11) is 0. The summed E-state index contributed by atoms with van der Waals surface area (Å²) in [6.45, 7) is 12.6. The number of benzene rings is 4. The van der Waals surface area contributed by atoms with Gasteiger partial charge in [-0.2, -0.15) is 0 Å². The van der Waals surface area contributed by atoms with Gasteiger partial charge in [0.1, 0.15) is 0 Å². The molecule has 216 valence electrons. The molecule has 3 fully saturated rings. The highest BCUT2D eigenvalue weighted by atomic mass is 15.3. The van der Waals surface area contributed by atoms with Crippen LogP contribution in [-0.4, -0.2) is 78.5 Å². The van der Waals surface area contributed by atoms with E-state index in [2.05, 4.69) is 139 Å². The van der Waals surface area contributed by atoms with Crippen molar-refractivity contribution in [1.82, 2.24) is 0 Å². The fourth-order valence-electron chi connectivity index (χ4n) is 6.71. The number of hydrogen-bond donors (Lipinski definition) is 0. The lowest BCUT2D eigenvalue weighted by molar-refractivity contribution is 0.642. The van der Waals surface area contributed by atoms with Gasteiger partial charge >= 0.3 is 0 Å². The molecule has 0 radical (unpaired) electrons. The number of hydrogen-bond acceptors (Lipinski definition) is 6. The van der Waals surface area contributed by atoms with E-state index in [9.17, 15) is 0 Å². The minimum Gasteiger partial charge on any atom is -0.368 e. The highest BCUT2D eigenvalue weighted by molar-refractivity contribution is 5.71. The van der Waals surface area contributed by atoms with Gasteiger partial charge in [0.05, 0.1) is 0 Å². The molecule has 3 saturated heterocycles. The molecule has 0 saturated carbocycles. The molecule has 0 aliphatic carbocycles. The predicted molar refractivity (Wildman–Crippen MR) is 179 cm³/mol. The van der Waals surface area contributed by atoms with E-state index in [1.807, 2.05) is 0 Å². The molecule has 0 amide bonds. The molecule has 42 heavy (non-hydrogen) atoms. The Bertz CT molecular complexity index is 1220. The summed E-state index contributed by atoms with van der Waals surface area (Å²) in [6, 6.07) is 40.0. The Labute approximate surface area is 251 Å². The number of rotatable bonds is 6. The van der Waals surface area contributed by atoms with E-state index in [4.69, 9.17) is 0 Å². The second-order valence-corrected chi connectivity index (χ2v) is 11.6. The van der Waals surface area contributed by atoms with E-state index in [0.29, 0.717) is 0 Å². The Balaban J connectivity index is 1.09. The predicted octanol–water partition coefficient (Wildman–Crippen LogP) is 5.67. The third-order valence-corrected chi connectivity index (χ3v) is 9.19. The zero-order valence-electron chi connectivity index (χ0n) is 24.6. The minimum atomic E-state index is 1.04. The summed E-state index contributed by atoms with van der Waals surface area (Å²) < 4.78 is 0. The van der Waals surface area contributed by atoms with Gasteiger partial charge < -0.3 is 29.4 Å². The van der Waals surface area contributed by atoms with Crippen LogP contribution in [0.2, 0.25) is 0 Å². The summed E-state index contributed by atoms with van der Waals surface area (Å²) in [5, 5.41) is 0. The lowest BCUT2D eigenvalue weighted by Gasteiger charge is -2.41. The standard InChI is InChI=1S/C36H42N6/c1-4-10-31(11-5-1)37-16-22-40(23-17-37)34-28-35(41-24-18-38(19-25-41)32-12-6-2-7-13-32)30-36(29-34)42-26-20-39(21-27-42)33-14-8-3-9-15-33/h1-15,28-30H,16-27H2. The molecule has 4 aromatic rings. The van der Waals surface area contributed by atoms with Crippen molar-refractivity contribution in [2.75, 3.05) is 108 Å². The molecule has 0 atom stereocenters. The molecule has 0 aromatic heterocycles. The Kier molecular flexibility index (Phi) is 7.77. The van der Waals surface area contributed by atoms with Crippen LogP contribution < -0.4 is 29.4 Å². The maximum Gasteiger partial charge on any atom is 0.0409 e. The quantitative estimate of drug-likeness (QED) is 0.302. The fraction of sp³-hybridized carbons (Fsp3) is 0.333. The number of anilines is 6. The summed E-state index contributed by atoms with van der Waals surface area (Å²) in [4.78, 5) is 15.4. The van der Waals surface area contributed by atoms with Crippen LogP contribution in [-0.2, 0) is 0 Å². The zero-order valence-corrected chi connectivity index (χ0v) is 24.6. The van der Waals surface area contributed by atoms with E-state index in [1.165, 1.54) is 34.1 Å². The number of nitrogens with zero attached hydrogens (tertiary/aromatic N) is 6. The molecule has 3 heterocycles. The smallest absolute Gasteiger partial charge is 0.0409 e. The molecular weight excluding hydrogens is 516 g/mol. The maximum absolute atomic E-state index is 2.60. The van der Waals surface area contributed by atoms with Crippen molar-refractivity contribution < 1.29 is 0 Å². The lowest BCUT2D eigenvalue weighted by atomic mass is 10.1. The van der Waals surface area contributed by atoms with E-state index in [0.717, 1.165) is 78.5 Å². The van der Waals surface area contributed by atoms with E-state index >= 15 is 0 Å². The van der Waals surface area contributed by atoms with Gasteiger partial charge in [-0.05, 0) is 54.6 Å². The highest BCUT2D eigenvalue weighted by Gasteiger charge is 2.24. The van der Waals surface area contributed by atoms with Crippen LogP contribution in [0.5, 0.6) is 0 Å². The molecular formula is C36H42N6. The first-order valence-electron chi connectivity index (χ1n) is 15.6. The van der Waals surface area contributed by atoms with Gasteiger partial charge in [-0.25, -0.2) is 0 Å². The number of para-hydroxylation sites is 3. The van der Waals surface area contributed by atoms with Gasteiger partial charge in [0.25, 0.3) is 0 Å². The normalized spacial score (nSPS) is 18.0. The van der Waals surface area contributed by atoms with Crippen LogP contribution in [0.3, 0.4) is 0 Å². The summed E-state index contributed by atoms with van der Waals surface area (Å²) in [5.74, 6) is 0. The molecule has 0 bridgehead atoms. The van der Waals surface area contributed by atoms with E-state index in [1.54, 1.807) is 0 Å². The van der Waals surface area contributed by atoms with E-state index < -0.39 is 0 Å². The molecule has 4 aromatic carbocycles. The van der Waals surface area contributed by atoms with Crippen LogP contribution >= 0.6 is 0 Å². The van der Waals surface area contributed by atoms with Crippen molar-refractivity contribution in [2.24, 2.45) is 0 Å². The van der Waals surface area contributed by atoms with Crippen molar-refractivity contribution in [1.29, 1.82) is 0 Å². The van der Waals surface area contributed by atoms with Crippen molar-refractivity contribution >= 4 is 34.1 Å². The van der Waals surface area contributed by atoms with Crippen LogP contribution in [0.1, 0.15) is 0 Å². The third kappa shape index (κ3) is 5.85. The Morgan fingerprint density at radius 2 is 0.429 bits per heavy atom. The highest BCUT2D eigenvalue weighted by Crippen LogP contribution is 2.33. The molecule has 0 N–H and O–H groups in total. The molecule has 3 aliphatic heterocycles. The second-order valence-electron chi connectivity index (χ2n) is 11.6. The average molecular weight is 559 g/mol. The summed E-state index contributed by atoms with van der Waals surface area (Å²) in [5.41, 5.74) is 8.10. The molecule has 6 nitrogen and oxygen atoms in total. The second kappa shape index (κ2) is 12.3. The summed E-state index contributed by atoms with van der Waals surface area (Å²) >= 11 is 0. The molecule has 6 heteroatoms. The Hall–Kier alpha value is -4.32. The van der Waals surface area contributed by atoms with Gasteiger partial charge in [0, 0.05) is 113 Å². The van der Waals surface area contributed by atoms with Crippen molar-refractivity contribution in [3.05, 3.63) is 109 Å². The van der Waals surface area contributed by atoms with Crippen LogP contribution in [0.4, 0.5) is 34.1 Å². The first kappa shape index (κ1) is 26.6. The SMILES string of the molecule is c1ccc(N2CCN(c3cc(N4CCN(c5ccccc5)CC4)cc(N4CCN(c5ccccc5)CC4)c3)CC2)cc1. The largest absolute Gasteiger partial charge is 0.368 e. The monoisotopic (exact) mass is 558 g/mol. The van der Waals surface area contributed by atoms with Crippen molar-refractivity contribution in [3.8, 4) is 0 Å². The third-order valence-electron chi connectivity index (χ3n) is 9.19. The van der Waals surface area contributed by atoms with Crippen LogP contribution in [0.25, 0.3) is 0 Å². The fourth-order valence-corrected chi connectivity index (χ4v) is 6.71. The van der Waals surface area contributed by atoms with Gasteiger partial charge in [-0.15, -0.1) is 0 Å². The van der Waals surface area contributed by atoms with E-state index in [-0.39, 0.29) is 0 Å². The topological polar surface area (TPSA) is 19.4 Å². The summed E-state index contributed by atoms with van der Waals surface area (Å²) in [6.07, 6.45) is 0. The van der Waals surface area contributed by atoms with Crippen LogP contribution in [0, 0.1) is 0 Å². The van der Waals surface area contributed by atoms with Gasteiger partial charge in [-0.3, -0.25) is 0 Å². The first-order chi connectivity index (χ1) is 20.8. The number of piperazine rings is 3. The Morgan fingerprint density at radius 3 is 0.643 bits per heavy atom.